The highest BCUT2D eigenvalue weighted by molar-refractivity contribution is 9.10. The van der Waals surface area contributed by atoms with Gasteiger partial charge in [0.2, 0.25) is 0 Å². The molecule has 0 radical (unpaired) electrons. The van der Waals surface area contributed by atoms with Crippen LogP contribution in [-0.4, -0.2) is 18.9 Å². The normalized spacial score (nSPS) is 10.7. The Morgan fingerprint density at radius 2 is 1.88 bits per heavy atom. The molecule has 0 saturated carbocycles. The van der Waals surface area contributed by atoms with Gasteiger partial charge in [0, 0.05) is 15.7 Å². The van der Waals surface area contributed by atoms with Crippen molar-refractivity contribution in [1.29, 1.82) is 0 Å². The number of hydrogen-bond donors (Lipinski definition) is 2. The lowest BCUT2D eigenvalue weighted by Gasteiger charge is -2.17. The van der Waals surface area contributed by atoms with Gasteiger partial charge in [-0.15, -0.1) is 6.58 Å². The second-order valence-corrected chi connectivity index (χ2v) is 8.40. The number of hydrazone groups is 1. The number of hydrogen-bond acceptors (Lipinski definition) is 4. The summed E-state index contributed by atoms with van der Waals surface area (Å²) in [6.07, 6.45) is 3.98. The molecule has 0 aliphatic heterocycles. The van der Waals surface area contributed by atoms with E-state index in [4.69, 9.17) is 9.47 Å². The maximum Gasteiger partial charge on any atom is 0.339 e. The minimum absolute atomic E-state index is 0.408. The van der Waals surface area contributed by atoms with Gasteiger partial charge in [-0.25, -0.2) is 10.2 Å². The van der Waals surface area contributed by atoms with Gasteiger partial charge in [-0.3, -0.25) is 0 Å². The summed E-state index contributed by atoms with van der Waals surface area (Å²) in [4.78, 5) is 12.2. The number of aryl methyl sites for hydroxylation is 1. The van der Waals surface area contributed by atoms with Crippen LogP contribution >= 0.6 is 15.9 Å². The number of nitrogens with zero attached hydrogens (tertiary/aromatic N) is 1. The molecule has 0 aliphatic carbocycles. The van der Waals surface area contributed by atoms with E-state index in [0.29, 0.717) is 31.1 Å². The van der Waals surface area contributed by atoms with Crippen LogP contribution in [0, 0.1) is 6.92 Å². The van der Waals surface area contributed by atoms with Gasteiger partial charge in [0.1, 0.15) is 6.61 Å². The molecule has 34 heavy (non-hydrogen) atoms. The molecule has 0 bridgehead atoms. The monoisotopic (exact) mass is 521 g/mol. The van der Waals surface area contributed by atoms with Crippen LogP contribution in [0.4, 0.5) is 10.5 Å². The van der Waals surface area contributed by atoms with Gasteiger partial charge in [-0.2, -0.15) is 5.10 Å². The number of carbonyl (C=O) groups is 1. The molecule has 3 aromatic rings. The number of allylic oxidation sites excluding steroid dienone is 1. The third-order valence-electron chi connectivity index (χ3n) is 4.89. The van der Waals surface area contributed by atoms with Crippen LogP contribution in [0.2, 0.25) is 0 Å². The van der Waals surface area contributed by atoms with Crippen LogP contribution in [0.5, 0.6) is 11.5 Å². The van der Waals surface area contributed by atoms with Crippen LogP contribution < -0.4 is 20.2 Å². The average Bonchev–Trinajstić information content (AvgIpc) is 2.81. The fourth-order valence-corrected chi connectivity index (χ4v) is 3.52. The van der Waals surface area contributed by atoms with Gasteiger partial charge in [-0.1, -0.05) is 52.3 Å². The number of halogens is 1. The molecule has 3 aromatic carbocycles. The lowest BCUT2D eigenvalue weighted by molar-refractivity contribution is 0.252. The van der Waals surface area contributed by atoms with Crippen molar-refractivity contribution < 1.29 is 14.3 Å². The SMILES string of the molecule is C=CCc1cc(C=NNC(=O)Nc2ccccc2C)cc(OCC)c1OCc1ccc(Br)cc1. The molecular weight excluding hydrogens is 494 g/mol. The van der Waals surface area contributed by atoms with Gasteiger partial charge in [-0.05, 0) is 67.3 Å². The number of ether oxygens (including phenoxy) is 2. The minimum Gasteiger partial charge on any atom is -0.490 e. The quantitative estimate of drug-likeness (QED) is 0.179. The number of urea groups is 1. The smallest absolute Gasteiger partial charge is 0.339 e. The summed E-state index contributed by atoms with van der Waals surface area (Å²) < 4.78 is 13.0. The molecule has 0 unspecified atom stereocenters. The summed E-state index contributed by atoms with van der Waals surface area (Å²) in [7, 11) is 0. The number of nitrogens with one attached hydrogen (secondary N) is 2. The van der Waals surface area contributed by atoms with Crippen molar-refractivity contribution in [1.82, 2.24) is 5.43 Å². The Kier molecular flexibility index (Phi) is 9.29. The largest absolute Gasteiger partial charge is 0.490 e. The summed E-state index contributed by atoms with van der Waals surface area (Å²) in [6.45, 7) is 8.60. The van der Waals surface area contributed by atoms with Crippen molar-refractivity contribution >= 4 is 33.9 Å². The molecule has 0 fully saturated rings. The van der Waals surface area contributed by atoms with E-state index >= 15 is 0 Å². The Labute approximate surface area is 208 Å². The van der Waals surface area contributed by atoms with E-state index < -0.39 is 6.03 Å². The molecule has 0 saturated heterocycles. The van der Waals surface area contributed by atoms with Crippen LogP contribution in [-0.2, 0) is 13.0 Å². The molecule has 176 valence electrons. The summed E-state index contributed by atoms with van der Waals surface area (Å²) in [5.41, 5.74) is 6.94. The Bertz CT molecular complexity index is 1160. The van der Waals surface area contributed by atoms with Gasteiger partial charge in [0.25, 0.3) is 0 Å². The number of carbonyl (C=O) groups excluding carboxylic acids is 1. The highest BCUT2D eigenvalue weighted by atomic mass is 79.9. The zero-order valence-corrected chi connectivity index (χ0v) is 20.9. The van der Waals surface area contributed by atoms with Gasteiger partial charge < -0.3 is 14.8 Å². The highest BCUT2D eigenvalue weighted by Gasteiger charge is 2.13. The molecule has 6 nitrogen and oxygen atoms in total. The molecule has 0 atom stereocenters. The van der Waals surface area contributed by atoms with Crippen molar-refractivity contribution in [2.75, 3.05) is 11.9 Å². The molecular formula is C27H28BrN3O3. The molecule has 2 amide bonds. The fourth-order valence-electron chi connectivity index (χ4n) is 3.26. The highest BCUT2D eigenvalue weighted by Crippen LogP contribution is 2.34. The van der Waals surface area contributed by atoms with Crippen LogP contribution in [0.3, 0.4) is 0 Å². The molecule has 3 rings (SSSR count). The lowest BCUT2D eigenvalue weighted by Crippen LogP contribution is -2.24. The summed E-state index contributed by atoms with van der Waals surface area (Å²) in [5.74, 6) is 1.29. The first kappa shape index (κ1) is 25.1. The Morgan fingerprint density at radius 1 is 1.12 bits per heavy atom. The van der Waals surface area contributed by atoms with E-state index in [-0.39, 0.29) is 0 Å². The Hall–Kier alpha value is -3.58. The van der Waals surface area contributed by atoms with Gasteiger partial charge >= 0.3 is 6.03 Å². The van der Waals surface area contributed by atoms with E-state index in [0.717, 1.165) is 32.4 Å². The van der Waals surface area contributed by atoms with Crippen molar-refractivity contribution in [3.05, 3.63) is 100 Å². The average molecular weight is 522 g/mol. The maximum atomic E-state index is 12.2. The molecule has 0 aromatic heterocycles. The summed E-state index contributed by atoms with van der Waals surface area (Å²) in [5, 5.41) is 6.87. The predicted octanol–water partition coefficient (Wildman–Crippen LogP) is 6.62. The van der Waals surface area contributed by atoms with Crippen LogP contribution in [0.1, 0.15) is 29.2 Å². The first-order chi connectivity index (χ1) is 16.5. The van der Waals surface area contributed by atoms with Gasteiger partial charge in [0.05, 0.1) is 12.8 Å². The third-order valence-corrected chi connectivity index (χ3v) is 5.42. The topological polar surface area (TPSA) is 72.0 Å². The standard InChI is InChI=1S/C27H28BrN3O3/c1-4-8-22-15-21(17-29-31-27(32)30-24-10-7-6-9-19(24)3)16-25(33-5-2)26(22)34-18-20-11-13-23(28)14-12-20/h4,6-7,9-17H,1,5,8,18H2,2-3H3,(H2,30,31,32). The molecule has 0 heterocycles. The van der Waals surface area contributed by atoms with Gasteiger partial charge in [0.15, 0.2) is 11.5 Å². The van der Waals surface area contributed by atoms with Crippen molar-refractivity contribution in [3.63, 3.8) is 0 Å². The Morgan fingerprint density at radius 3 is 2.59 bits per heavy atom. The fraction of sp³-hybridized carbons (Fsp3) is 0.185. The first-order valence-corrected chi connectivity index (χ1v) is 11.7. The second-order valence-electron chi connectivity index (χ2n) is 7.49. The Balaban J connectivity index is 1.75. The maximum absolute atomic E-state index is 12.2. The number of benzene rings is 3. The zero-order chi connectivity index (χ0) is 24.3. The van der Waals surface area contributed by atoms with Crippen LogP contribution in [0.15, 0.2) is 82.9 Å². The van der Waals surface area contributed by atoms with Crippen molar-refractivity contribution in [2.45, 2.75) is 26.9 Å². The van der Waals surface area contributed by atoms with Crippen LogP contribution in [0.25, 0.3) is 0 Å². The molecule has 7 heteroatoms. The number of rotatable bonds is 10. The number of para-hydroxylation sites is 1. The minimum atomic E-state index is -0.420. The van der Waals surface area contributed by atoms with E-state index in [9.17, 15) is 4.79 Å². The third kappa shape index (κ3) is 7.22. The molecule has 0 spiro atoms. The predicted molar refractivity (Wildman–Crippen MR) is 141 cm³/mol. The second kappa shape index (κ2) is 12.6. The molecule has 2 N–H and O–H groups in total. The van der Waals surface area contributed by atoms with E-state index in [2.05, 4.69) is 38.4 Å². The van der Waals surface area contributed by atoms with Crippen molar-refractivity contribution in [2.24, 2.45) is 5.10 Å². The van der Waals surface area contributed by atoms with E-state index in [1.165, 1.54) is 0 Å². The number of amides is 2. The first-order valence-electron chi connectivity index (χ1n) is 10.9. The zero-order valence-electron chi connectivity index (χ0n) is 19.3. The van der Waals surface area contributed by atoms with Crippen molar-refractivity contribution in [3.8, 4) is 11.5 Å². The number of anilines is 1. The summed E-state index contributed by atoms with van der Waals surface area (Å²) >= 11 is 3.45. The molecule has 0 aliphatic rings. The summed E-state index contributed by atoms with van der Waals surface area (Å²) in [6, 6.07) is 18.9. The lowest BCUT2D eigenvalue weighted by atomic mass is 10.1. The van der Waals surface area contributed by atoms with E-state index in [1.807, 2.05) is 80.6 Å². The van der Waals surface area contributed by atoms with E-state index in [1.54, 1.807) is 6.21 Å².